The number of nitrogens with one attached hydrogen (secondary N) is 1. The third-order valence-corrected chi connectivity index (χ3v) is 5.94. The number of rotatable bonds is 4. The van der Waals surface area contributed by atoms with Crippen LogP contribution in [0.4, 0.5) is 0 Å². The van der Waals surface area contributed by atoms with Crippen molar-refractivity contribution in [3.63, 3.8) is 0 Å². The zero-order valence-corrected chi connectivity index (χ0v) is 16.0. The Morgan fingerprint density at radius 1 is 1.15 bits per heavy atom. The Morgan fingerprint density at radius 3 is 2.63 bits per heavy atom. The predicted molar refractivity (Wildman–Crippen MR) is 104 cm³/mol. The van der Waals surface area contributed by atoms with Crippen LogP contribution in [0.2, 0.25) is 5.02 Å². The molecule has 4 rings (SSSR count). The fourth-order valence-corrected chi connectivity index (χ4v) is 4.02. The molecule has 0 aliphatic carbocycles. The molecule has 3 aromatic rings. The Kier molecular flexibility index (Phi) is 4.38. The summed E-state index contributed by atoms with van der Waals surface area (Å²) in [4.78, 5) is 0. The number of hydrogen-bond donors (Lipinski definition) is 1. The topological polar surface area (TPSA) is 71.6 Å². The Morgan fingerprint density at radius 2 is 1.89 bits per heavy atom. The van der Waals surface area contributed by atoms with Crippen molar-refractivity contribution in [2.45, 2.75) is 12.6 Å². The van der Waals surface area contributed by atoms with Crippen molar-refractivity contribution in [3.8, 4) is 0 Å². The third kappa shape index (κ3) is 3.07. The molecule has 1 atom stereocenters. The second-order valence-corrected chi connectivity index (χ2v) is 8.40. The minimum atomic E-state index is -3.82. The lowest BCUT2D eigenvalue weighted by Crippen LogP contribution is -2.58. The Bertz CT molecular complexity index is 1150. The van der Waals surface area contributed by atoms with Gasteiger partial charge in [-0.05, 0) is 35.2 Å². The zero-order chi connectivity index (χ0) is 19.1. The summed E-state index contributed by atoms with van der Waals surface area (Å²) in [5.74, 6) is -0.161. The van der Waals surface area contributed by atoms with Crippen LogP contribution in [0.5, 0.6) is 0 Å². The van der Waals surface area contributed by atoms with Crippen molar-refractivity contribution in [1.82, 2.24) is 5.32 Å². The van der Waals surface area contributed by atoms with Crippen LogP contribution in [-0.2, 0) is 20.0 Å². The Labute approximate surface area is 162 Å². The number of aromatic nitrogens is 1. The minimum Gasteiger partial charge on any atom is -0.330 e. The van der Waals surface area contributed by atoms with Gasteiger partial charge in [-0.2, -0.15) is 8.42 Å². The first-order valence-electron chi connectivity index (χ1n) is 8.39. The number of halogens is 1. The zero-order valence-electron chi connectivity index (χ0n) is 14.5. The molecule has 0 radical (unpaired) electrons. The van der Waals surface area contributed by atoms with E-state index in [2.05, 4.69) is 10.4 Å². The SMILES string of the molecule is CCS(=O)(=O)OC1(c2ccc(Cl)cc2)NC=N[n+]2ccc3ccccc3c21. The maximum atomic E-state index is 12.5. The van der Waals surface area contributed by atoms with Gasteiger partial charge in [0, 0.05) is 21.8 Å². The monoisotopic (exact) mass is 402 g/mol. The molecule has 1 N–H and O–H groups in total. The van der Waals surface area contributed by atoms with Crippen LogP contribution in [0.3, 0.4) is 0 Å². The third-order valence-electron chi connectivity index (χ3n) is 4.48. The lowest BCUT2D eigenvalue weighted by Gasteiger charge is -2.32. The van der Waals surface area contributed by atoms with E-state index in [-0.39, 0.29) is 5.75 Å². The van der Waals surface area contributed by atoms with Crippen molar-refractivity contribution in [3.05, 3.63) is 77.1 Å². The summed E-state index contributed by atoms with van der Waals surface area (Å²) < 4.78 is 32.4. The van der Waals surface area contributed by atoms with Crippen molar-refractivity contribution in [1.29, 1.82) is 0 Å². The number of hydrogen-bond acceptors (Lipinski definition) is 5. The van der Waals surface area contributed by atoms with Gasteiger partial charge in [-0.25, -0.2) is 4.18 Å². The van der Waals surface area contributed by atoms with E-state index in [4.69, 9.17) is 15.8 Å². The van der Waals surface area contributed by atoms with Crippen LogP contribution in [0.1, 0.15) is 18.2 Å². The quantitative estimate of drug-likeness (QED) is 0.538. The first-order chi connectivity index (χ1) is 13.0. The van der Waals surface area contributed by atoms with Crippen molar-refractivity contribution in [2.24, 2.45) is 5.10 Å². The van der Waals surface area contributed by atoms with Gasteiger partial charge < -0.3 is 5.32 Å². The lowest BCUT2D eigenvalue weighted by atomic mass is 9.94. The summed E-state index contributed by atoms with van der Waals surface area (Å²) in [6.45, 7) is 1.54. The van der Waals surface area contributed by atoms with Crippen LogP contribution in [0.25, 0.3) is 10.8 Å². The summed E-state index contributed by atoms with van der Waals surface area (Å²) in [6, 6.07) is 16.5. The molecule has 138 valence electrons. The average Bonchev–Trinajstić information content (AvgIpc) is 2.68. The molecule has 0 spiro atoms. The van der Waals surface area contributed by atoms with E-state index in [9.17, 15) is 8.42 Å². The van der Waals surface area contributed by atoms with Gasteiger partial charge in [-0.15, -0.1) is 0 Å². The van der Waals surface area contributed by atoms with Crippen LogP contribution < -0.4 is 9.99 Å². The number of fused-ring (bicyclic) bond motifs is 3. The number of pyridine rings is 1. The first-order valence-corrected chi connectivity index (χ1v) is 10.3. The molecular weight excluding hydrogens is 386 g/mol. The maximum Gasteiger partial charge on any atom is 0.280 e. The van der Waals surface area contributed by atoms with Gasteiger partial charge in [0.05, 0.1) is 11.1 Å². The molecule has 1 aliphatic rings. The van der Waals surface area contributed by atoms with E-state index < -0.39 is 15.8 Å². The molecule has 0 saturated heterocycles. The minimum absolute atomic E-state index is 0.161. The van der Waals surface area contributed by atoms with Gasteiger partial charge in [0.1, 0.15) is 0 Å². The van der Waals surface area contributed by atoms with Crippen molar-refractivity contribution >= 4 is 38.8 Å². The summed E-state index contributed by atoms with van der Waals surface area (Å²) in [6.07, 6.45) is 3.21. The Balaban J connectivity index is 2.08. The van der Waals surface area contributed by atoms with Gasteiger partial charge in [0.2, 0.25) is 6.20 Å². The van der Waals surface area contributed by atoms with E-state index in [1.165, 1.54) is 6.34 Å². The summed E-state index contributed by atoms with van der Waals surface area (Å²) in [5.41, 5.74) is -0.301. The fraction of sp³-hybridized carbons (Fsp3) is 0.158. The van der Waals surface area contributed by atoms with Gasteiger partial charge in [0.15, 0.2) is 6.34 Å². The van der Waals surface area contributed by atoms with Gasteiger partial charge in [0.25, 0.3) is 21.5 Å². The second kappa shape index (κ2) is 6.60. The molecule has 6 nitrogen and oxygen atoms in total. The number of nitrogens with zero attached hydrogens (tertiary/aromatic N) is 2. The molecule has 0 saturated carbocycles. The maximum absolute atomic E-state index is 12.5. The number of benzene rings is 2. The molecule has 2 aromatic carbocycles. The van der Waals surface area contributed by atoms with Crippen molar-refractivity contribution in [2.75, 3.05) is 5.75 Å². The second-order valence-electron chi connectivity index (χ2n) is 6.10. The molecule has 8 heteroatoms. The van der Waals surface area contributed by atoms with Gasteiger partial charge in [-0.1, -0.05) is 41.9 Å². The van der Waals surface area contributed by atoms with E-state index in [0.29, 0.717) is 16.3 Å². The van der Waals surface area contributed by atoms with E-state index >= 15 is 0 Å². The standard InChI is InChI=1S/C19H17ClN3O3S/c1-2-27(24,25)26-19(15-7-9-16(20)10-8-15)18-17-6-4-3-5-14(17)11-12-23(18)22-13-21-19/h3-13H,2H2,1H3,(H,21,22)/q+1. The van der Waals surface area contributed by atoms with E-state index in [0.717, 1.165) is 10.8 Å². The summed E-state index contributed by atoms with van der Waals surface area (Å²) in [7, 11) is -3.82. The van der Waals surface area contributed by atoms with Gasteiger partial charge >= 0.3 is 0 Å². The molecule has 0 bridgehead atoms. The molecule has 0 fully saturated rings. The van der Waals surface area contributed by atoms with E-state index in [1.807, 2.05) is 30.3 Å². The van der Waals surface area contributed by atoms with Crippen LogP contribution in [0, 0.1) is 0 Å². The van der Waals surface area contributed by atoms with E-state index in [1.54, 1.807) is 42.1 Å². The fourth-order valence-electron chi connectivity index (χ4n) is 3.17. The highest BCUT2D eigenvalue weighted by atomic mass is 35.5. The smallest absolute Gasteiger partial charge is 0.280 e. The van der Waals surface area contributed by atoms with Crippen LogP contribution in [-0.4, -0.2) is 20.5 Å². The molecule has 1 aromatic heterocycles. The molecule has 2 heterocycles. The average molecular weight is 403 g/mol. The van der Waals surface area contributed by atoms with Crippen molar-refractivity contribution < 1.29 is 17.3 Å². The Hall–Kier alpha value is -2.48. The van der Waals surface area contributed by atoms with Gasteiger partial charge in [-0.3, -0.25) is 0 Å². The summed E-state index contributed by atoms with van der Waals surface area (Å²) in [5, 5.41) is 9.68. The normalized spacial score (nSPS) is 18.9. The molecular formula is C19H17ClN3O3S+. The molecule has 1 aliphatic heterocycles. The predicted octanol–water partition coefficient (Wildman–Crippen LogP) is 2.74. The lowest BCUT2D eigenvalue weighted by molar-refractivity contribution is -0.693. The molecule has 0 amide bonds. The molecule has 27 heavy (non-hydrogen) atoms. The highest BCUT2D eigenvalue weighted by molar-refractivity contribution is 7.86. The molecule has 1 unspecified atom stereocenters. The summed E-state index contributed by atoms with van der Waals surface area (Å²) >= 11 is 6.04. The highest BCUT2D eigenvalue weighted by Gasteiger charge is 2.50. The first kappa shape index (κ1) is 17.9. The highest BCUT2D eigenvalue weighted by Crippen LogP contribution is 2.36. The largest absolute Gasteiger partial charge is 0.330 e. The van der Waals surface area contributed by atoms with Crippen LogP contribution in [0.15, 0.2) is 65.9 Å². The van der Waals surface area contributed by atoms with Crippen LogP contribution >= 0.6 is 11.6 Å².